The molecule has 1 unspecified atom stereocenters. The molecule has 3 aromatic rings. The first-order valence-electron chi connectivity index (χ1n) is 11.4. The Kier molecular flexibility index (Phi) is 6.21. The number of nitrogens with one attached hydrogen (secondary N) is 1. The second kappa shape index (κ2) is 9.09. The number of allylic oxidation sites excluding steroid dienone is 1. The highest BCUT2D eigenvalue weighted by molar-refractivity contribution is 7.18. The fourth-order valence-electron chi connectivity index (χ4n) is 4.88. The van der Waals surface area contributed by atoms with Crippen molar-refractivity contribution in [3.63, 3.8) is 0 Å². The Hall–Kier alpha value is -3.10. The summed E-state index contributed by atoms with van der Waals surface area (Å²) in [5.74, 6) is 0.272. The number of thiophene rings is 1. The summed E-state index contributed by atoms with van der Waals surface area (Å²) in [6, 6.07) is 3.62. The van der Waals surface area contributed by atoms with E-state index in [2.05, 4.69) is 21.4 Å². The highest BCUT2D eigenvalue weighted by Gasteiger charge is 2.43. The van der Waals surface area contributed by atoms with Crippen LogP contribution < -0.4 is 5.32 Å². The van der Waals surface area contributed by atoms with E-state index in [1.165, 1.54) is 12.4 Å². The van der Waals surface area contributed by atoms with E-state index in [1.54, 1.807) is 0 Å². The summed E-state index contributed by atoms with van der Waals surface area (Å²) in [4.78, 5) is 9.80. The Morgan fingerprint density at radius 3 is 2.81 bits per heavy atom. The number of alkyl halides is 5. The van der Waals surface area contributed by atoms with Gasteiger partial charge >= 0.3 is 12.2 Å². The summed E-state index contributed by atoms with van der Waals surface area (Å²) >= 11 is 0.924. The first kappa shape index (κ1) is 24.6. The van der Waals surface area contributed by atoms with E-state index in [4.69, 9.17) is 0 Å². The molecule has 1 aromatic carbocycles. The minimum Gasteiger partial charge on any atom is -0.366 e. The zero-order valence-corrected chi connectivity index (χ0v) is 20.1. The molecule has 0 amide bonds. The van der Waals surface area contributed by atoms with Gasteiger partial charge in [-0.15, -0.1) is 11.3 Å². The Morgan fingerprint density at radius 2 is 2.08 bits per heavy atom. The van der Waals surface area contributed by atoms with E-state index in [9.17, 15) is 18.4 Å². The van der Waals surface area contributed by atoms with Gasteiger partial charge in [-0.2, -0.15) is 27.2 Å². The summed E-state index contributed by atoms with van der Waals surface area (Å²) in [5, 5.41) is 12.6. The summed E-state index contributed by atoms with van der Waals surface area (Å²) in [7, 11) is 0. The van der Waals surface area contributed by atoms with Gasteiger partial charge in [0.05, 0.1) is 17.9 Å². The third kappa shape index (κ3) is 4.92. The van der Waals surface area contributed by atoms with Crippen LogP contribution in [0.2, 0.25) is 0 Å². The number of hydrogen-bond acceptors (Lipinski definition) is 6. The molecule has 1 atom stereocenters. The molecule has 0 saturated carbocycles. The van der Waals surface area contributed by atoms with Gasteiger partial charge in [0.15, 0.2) is 0 Å². The van der Waals surface area contributed by atoms with Crippen LogP contribution in [0.4, 0.5) is 27.8 Å². The Bertz CT molecular complexity index is 1390. The van der Waals surface area contributed by atoms with Gasteiger partial charge in [-0.1, -0.05) is 12.1 Å². The predicted octanol–water partition coefficient (Wildman–Crippen LogP) is 6.24. The third-order valence-corrected chi connectivity index (χ3v) is 7.76. The summed E-state index contributed by atoms with van der Waals surface area (Å²) in [6.07, 6.45) is -1.83. The second-order valence-corrected chi connectivity index (χ2v) is 10.4. The van der Waals surface area contributed by atoms with Crippen molar-refractivity contribution in [2.75, 3.05) is 11.9 Å². The van der Waals surface area contributed by atoms with Crippen molar-refractivity contribution in [2.45, 2.75) is 57.4 Å². The molecule has 36 heavy (non-hydrogen) atoms. The van der Waals surface area contributed by atoms with Gasteiger partial charge in [-0.05, 0) is 47.7 Å². The molecule has 2 aromatic heterocycles. The highest BCUT2D eigenvalue weighted by atomic mass is 32.1. The van der Waals surface area contributed by atoms with Crippen molar-refractivity contribution in [1.29, 1.82) is 5.26 Å². The number of aromatic nitrogens is 2. The standard InChI is InChI=1S/C25H22F5N5S/c1-14-17(3-2-16-6-15(11-31)7-20(14)16)12-35-5-4-18(9-25(35,29)30)34-22-21-8-19(10-24(26,27)28)36-23(21)33-13-32-22/h2-3,7-8,13,18H,4-6,9-10,12H2,1H3,(H,32,33,34). The highest BCUT2D eigenvalue weighted by Crippen LogP contribution is 2.38. The van der Waals surface area contributed by atoms with Crippen molar-refractivity contribution >= 4 is 33.4 Å². The maximum absolute atomic E-state index is 15.2. The van der Waals surface area contributed by atoms with E-state index in [0.29, 0.717) is 28.6 Å². The fraction of sp³-hybridized carbons (Fsp3) is 0.400. The number of benzene rings is 1. The molecule has 188 valence electrons. The minimum atomic E-state index is -4.34. The zero-order chi connectivity index (χ0) is 25.7. The number of nitrogens with zero attached hydrogens (tertiary/aromatic N) is 4. The van der Waals surface area contributed by atoms with Gasteiger partial charge < -0.3 is 5.32 Å². The second-order valence-electron chi connectivity index (χ2n) is 9.25. The van der Waals surface area contributed by atoms with Gasteiger partial charge in [0.1, 0.15) is 17.0 Å². The van der Waals surface area contributed by atoms with Crippen LogP contribution in [0.15, 0.2) is 30.1 Å². The van der Waals surface area contributed by atoms with Gasteiger partial charge in [-0.25, -0.2) is 14.9 Å². The largest absolute Gasteiger partial charge is 0.393 e. The quantitative estimate of drug-likeness (QED) is 0.320. The van der Waals surface area contributed by atoms with Gasteiger partial charge in [-0.3, -0.25) is 0 Å². The van der Waals surface area contributed by atoms with Crippen LogP contribution >= 0.6 is 11.3 Å². The molecule has 1 saturated heterocycles. The first-order valence-corrected chi connectivity index (χ1v) is 12.3. The van der Waals surface area contributed by atoms with Gasteiger partial charge in [0, 0.05) is 42.4 Å². The first-order chi connectivity index (χ1) is 17.0. The van der Waals surface area contributed by atoms with Gasteiger partial charge in [0.25, 0.3) is 0 Å². The molecule has 1 aliphatic carbocycles. The SMILES string of the molecule is Cc1c(CN2CCC(Nc3ncnc4sc(CC(F)(F)F)cc34)CC2(F)F)ccc2c1C=C(C#N)C2. The van der Waals surface area contributed by atoms with Crippen molar-refractivity contribution in [3.05, 3.63) is 57.2 Å². The van der Waals surface area contributed by atoms with Crippen LogP contribution in [-0.4, -0.2) is 39.7 Å². The average molecular weight is 520 g/mol. The number of halogens is 5. The lowest BCUT2D eigenvalue weighted by Crippen LogP contribution is -2.50. The smallest absolute Gasteiger partial charge is 0.366 e. The molecular formula is C25H22F5N5S. The van der Waals surface area contributed by atoms with E-state index in [0.717, 1.165) is 38.5 Å². The van der Waals surface area contributed by atoms with Crippen LogP contribution in [0.3, 0.4) is 0 Å². The van der Waals surface area contributed by atoms with E-state index in [1.807, 2.05) is 25.1 Å². The molecule has 0 radical (unpaired) electrons. The zero-order valence-electron chi connectivity index (χ0n) is 19.3. The lowest BCUT2D eigenvalue weighted by Gasteiger charge is -2.39. The molecule has 1 fully saturated rings. The summed E-state index contributed by atoms with van der Waals surface area (Å²) < 4.78 is 68.8. The number of hydrogen-bond donors (Lipinski definition) is 1. The number of piperidine rings is 1. The van der Waals surface area contributed by atoms with Crippen molar-refractivity contribution in [1.82, 2.24) is 14.9 Å². The molecular weight excluding hydrogens is 497 g/mol. The molecule has 1 N–H and O–H groups in total. The third-order valence-electron chi connectivity index (χ3n) is 6.72. The minimum absolute atomic E-state index is 0.0810. The lowest BCUT2D eigenvalue weighted by atomic mass is 9.96. The summed E-state index contributed by atoms with van der Waals surface area (Å²) in [6.45, 7) is 2.11. The van der Waals surface area contributed by atoms with E-state index >= 15 is 8.78 Å². The van der Waals surface area contributed by atoms with Crippen LogP contribution in [-0.2, 0) is 19.4 Å². The van der Waals surface area contributed by atoms with Crippen molar-refractivity contribution in [2.24, 2.45) is 0 Å². The van der Waals surface area contributed by atoms with Gasteiger partial charge in [0.2, 0.25) is 0 Å². The fourth-order valence-corrected chi connectivity index (χ4v) is 5.91. The maximum Gasteiger partial charge on any atom is 0.393 e. The monoisotopic (exact) mass is 519 g/mol. The Labute approximate surface area is 208 Å². The van der Waals surface area contributed by atoms with Crippen LogP contribution in [0.25, 0.3) is 16.3 Å². The van der Waals surface area contributed by atoms with E-state index < -0.39 is 31.1 Å². The van der Waals surface area contributed by atoms with Crippen LogP contribution in [0.1, 0.15) is 40.0 Å². The maximum atomic E-state index is 15.2. The Morgan fingerprint density at radius 1 is 1.28 bits per heavy atom. The van der Waals surface area contributed by atoms with E-state index in [-0.39, 0.29) is 23.8 Å². The van der Waals surface area contributed by atoms with Crippen molar-refractivity contribution < 1.29 is 22.0 Å². The molecule has 11 heteroatoms. The lowest BCUT2D eigenvalue weighted by molar-refractivity contribution is -0.174. The molecule has 0 spiro atoms. The molecule has 0 bridgehead atoms. The average Bonchev–Trinajstić information content (AvgIpc) is 3.40. The molecule has 1 aliphatic heterocycles. The topological polar surface area (TPSA) is 64.8 Å². The number of likely N-dealkylation sites (tertiary alicyclic amines) is 1. The number of fused-ring (bicyclic) bond motifs is 2. The number of nitriles is 1. The summed E-state index contributed by atoms with van der Waals surface area (Å²) in [5.41, 5.74) is 4.34. The van der Waals surface area contributed by atoms with Crippen molar-refractivity contribution in [3.8, 4) is 6.07 Å². The predicted molar refractivity (Wildman–Crippen MR) is 128 cm³/mol. The number of rotatable bonds is 5. The molecule has 5 nitrogen and oxygen atoms in total. The Balaban J connectivity index is 1.29. The number of anilines is 1. The van der Waals surface area contributed by atoms with Crippen LogP contribution in [0.5, 0.6) is 0 Å². The molecule has 2 aliphatic rings. The molecule has 5 rings (SSSR count). The molecule has 3 heterocycles. The normalized spacial score (nSPS) is 19.7. The van der Waals surface area contributed by atoms with Crippen LogP contribution in [0, 0.1) is 18.3 Å².